The molecular weight excluding hydrogens is 264 g/mol. The number of Topliss-reactive ketones (excluding diaryl/α,β-unsaturated/α-hetero) is 1. The monoisotopic (exact) mass is 284 g/mol. The summed E-state index contributed by atoms with van der Waals surface area (Å²) in [7, 11) is 0. The molecule has 0 saturated carbocycles. The third kappa shape index (κ3) is 2.63. The predicted molar refractivity (Wildman–Crippen MR) is 80.2 cm³/mol. The molecule has 0 radical (unpaired) electrons. The molecule has 4 nitrogen and oxygen atoms in total. The highest BCUT2D eigenvalue weighted by molar-refractivity contribution is 5.95. The minimum absolute atomic E-state index is 0.111. The van der Waals surface area contributed by atoms with Gasteiger partial charge in [-0.3, -0.25) is 14.5 Å². The maximum Gasteiger partial charge on any atom is 0.245 e. The van der Waals surface area contributed by atoms with Crippen LogP contribution >= 0.6 is 0 Å². The number of nitrogens with two attached hydrogens (primary N) is 1. The highest BCUT2D eigenvalue weighted by Crippen LogP contribution is 2.39. The molecule has 1 aliphatic carbocycles. The van der Waals surface area contributed by atoms with Crippen molar-refractivity contribution in [2.24, 2.45) is 17.6 Å². The van der Waals surface area contributed by atoms with Gasteiger partial charge in [-0.1, -0.05) is 36.4 Å². The number of nitrogens with zero attached hydrogens (tertiary/aromatic N) is 1. The number of benzene rings is 1. The standard InChI is InChI=1S/C17H20N2O2/c1-11(20)14-7-13-8-15(17(18)21)16(14)19(10-13)9-12-5-3-2-4-6-12/h2-6,8,13-14,16H,7,9-10H2,1H3,(H2,18,21)/t13-,14-,16?/m0/s1. The minimum atomic E-state index is -0.395. The maximum atomic E-state index is 11.9. The molecule has 1 amide bonds. The molecule has 1 fully saturated rings. The van der Waals surface area contributed by atoms with Crippen molar-refractivity contribution in [3.8, 4) is 0 Å². The topological polar surface area (TPSA) is 63.4 Å². The molecule has 3 aliphatic rings. The highest BCUT2D eigenvalue weighted by atomic mass is 16.1. The van der Waals surface area contributed by atoms with Gasteiger partial charge in [0.05, 0.1) is 0 Å². The summed E-state index contributed by atoms with van der Waals surface area (Å²) >= 11 is 0. The van der Waals surface area contributed by atoms with Crippen LogP contribution in [-0.4, -0.2) is 29.2 Å². The van der Waals surface area contributed by atoms with Crippen molar-refractivity contribution in [1.82, 2.24) is 4.90 Å². The van der Waals surface area contributed by atoms with E-state index in [0.717, 1.165) is 19.5 Å². The summed E-state index contributed by atoms with van der Waals surface area (Å²) < 4.78 is 0. The smallest absolute Gasteiger partial charge is 0.245 e. The molecule has 2 bridgehead atoms. The van der Waals surface area contributed by atoms with E-state index in [0.29, 0.717) is 5.57 Å². The lowest BCUT2D eigenvalue weighted by Crippen LogP contribution is -2.56. The van der Waals surface area contributed by atoms with Crippen LogP contribution in [0, 0.1) is 11.8 Å². The first-order chi connectivity index (χ1) is 10.1. The van der Waals surface area contributed by atoms with E-state index >= 15 is 0 Å². The summed E-state index contributed by atoms with van der Waals surface area (Å²) in [6.45, 7) is 3.25. The average molecular weight is 284 g/mol. The van der Waals surface area contributed by atoms with Crippen molar-refractivity contribution < 1.29 is 9.59 Å². The van der Waals surface area contributed by atoms with Gasteiger partial charge < -0.3 is 5.73 Å². The van der Waals surface area contributed by atoms with Crippen LogP contribution in [-0.2, 0) is 16.1 Å². The molecule has 2 N–H and O–H groups in total. The molecule has 0 spiro atoms. The molecule has 4 heteroatoms. The number of rotatable bonds is 4. The second-order valence-corrected chi connectivity index (χ2v) is 6.06. The van der Waals surface area contributed by atoms with Gasteiger partial charge >= 0.3 is 0 Å². The van der Waals surface area contributed by atoms with E-state index in [1.165, 1.54) is 5.56 Å². The van der Waals surface area contributed by atoms with Gasteiger partial charge in [-0.25, -0.2) is 0 Å². The molecular formula is C17H20N2O2. The quantitative estimate of drug-likeness (QED) is 0.911. The summed E-state index contributed by atoms with van der Waals surface area (Å²) in [5.41, 5.74) is 7.34. The number of fused-ring (bicyclic) bond motifs is 2. The fourth-order valence-corrected chi connectivity index (χ4v) is 3.68. The molecule has 3 atom stereocenters. The molecule has 2 heterocycles. The van der Waals surface area contributed by atoms with E-state index in [1.54, 1.807) is 6.92 Å². The summed E-state index contributed by atoms with van der Waals surface area (Å²) in [6, 6.07) is 9.97. The Morgan fingerprint density at radius 1 is 1.29 bits per heavy atom. The van der Waals surface area contributed by atoms with E-state index in [9.17, 15) is 9.59 Å². The number of carbonyl (C=O) groups is 2. The number of amides is 1. The molecule has 21 heavy (non-hydrogen) atoms. The van der Waals surface area contributed by atoms with Gasteiger partial charge in [0, 0.05) is 30.6 Å². The minimum Gasteiger partial charge on any atom is -0.366 e. The van der Waals surface area contributed by atoms with Crippen molar-refractivity contribution in [2.45, 2.75) is 25.9 Å². The van der Waals surface area contributed by atoms with Gasteiger partial charge in [0.15, 0.2) is 0 Å². The average Bonchev–Trinajstić information content (AvgIpc) is 2.47. The van der Waals surface area contributed by atoms with Crippen molar-refractivity contribution >= 4 is 11.7 Å². The molecule has 110 valence electrons. The summed E-state index contributed by atoms with van der Waals surface area (Å²) in [5.74, 6) is -0.113. The molecule has 1 aromatic rings. The third-order valence-corrected chi connectivity index (χ3v) is 4.57. The van der Waals surface area contributed by atoms with Gasteiger partial charge in [0.2, 0.25) is 5.91 Å². The molecule has 1 aromatic carbocycles. The number of hydrogen-bond acceptors (Lipinski definition) is 3. The summed E-state index contributed by atoms with van der Waals surface area (Å²) in [4.78, 5) is 25.9. The second kappa shape index (κ2) is 5.45. The Morgan fingerprint density at radius 2 is 2.00 bits per heavy atom. The summed E-state index contributed by atoms with van der Waals surface area (Å²) in [6.07, 6.45) is 2.82. The zero-order valence-electron chi connectivity index (χ0n) is 12.2. The fraction of sp³-hybridized carbons (Fsp3) is 0.412. The second-order valence-electron chi connectivity index (χ2n) is 6.06. The van der Waals surface area contributed by atoms with Crippen LogP contribution in [0.4, 0.5) is 0 Å². The lowest BCUT2D eigenvalue weighted by Gasteiger charge is -2.48. The first kappa shape index (κ1) is 14.0. The largest absolute Gasteiger partial charge is 0.366 e. The van der Waals surface area contributed by atoms with E-state index < -0.39 is 5.91 Å². The van der Waals surface area contributed by atoms with Crippen LogP contribution in [0.25, 0.3) is 0 Å². The Balaban J connectivity index is 1.90. The van der Waals surface area contributed by atoms with Crippen LogP contribution in [0.15, 0.2) is 42.0 Å². The number of ketones is 1. The normalized spacial score (nSPS) is 28.2. The fourth-order valence-electron chi connectivity index (χ4n) is 3.68. The number of hydrogen-bond donors (Lipinski definition) is 1. The molecule has 2 aliphatic heterocycles. The number of primary amides is 1. The molecule has 4 rings (SSSR count). The Labute approximate surface area is 124 Å². The molecule has 1 unspecified atom stereocenters. The number of piperidine rings is 1. The van der Waals surface area contributed by atoms with Crippen molar-refractivity contribution in [3.05, 3.63) is 47.5 Å². The predicted octanol–water partition coefficient (Wildman–Crippen LogP) is 1.51. The SMILES string of the molecule is CC(=O)[C@@H]1C[C@H]2C=C(C(N)=O)C1N(Cc1ccccc1)C2. The number of carbonyl (C=O) groups excluding carboxylic acids is 2. The van der Waals surface area contributed by atoms with E-state index in [-0.39, 0.29) is 23.7 Å². The third-order valence-electron chi connectivity index (χ3n) is 4.57. The maximum absolute atomic E-state index is 11.9. The van der Waals surface area contributed by atoms with Crippen LogP contribution in [0.3, 0.4) is 0 Å². The Kier molecular flexibility index (Phi) is 3.64. The Hall–Kier alpha value is -1.94. The van der Waals surface area contributed by atoms with Crippen LogP contribution in [0.2, 0.25) is 0 Å². The van der Waals surface area contributed by atoms with Gasteiger partial charge in [0.1, 0.15) is 5.78 Å². The molecule has 1 saturated heterocycles. The van der Waals surface area contributed by atoms with Crippen LogP contribution < -0.4 is 5.73 Å². The van der Waals surface area contributed by atoms with Crippen LogP contribution in [0.5, 0.6) is 0 Å². The first-order valence-electron chi connectivity index (χ1n) is 7.36. The Morgan fingerprint density at radius 3 is 2.62 bits per heavy atom. The van der Waals surface area contributed by atoms with Crippen molar-refractivity contribution in [1.29, 1.82) is 0 Å². The van der Waals surface area contributed by atoms with Gasteiger partial charge in [-0.2, -0.15) is 0 Å². The van der Waals surface area contributed by atoms with Crippen molar-refractivity contribution in [2.75, 3.05) is 6.54 Å². The van der Waals surface area contributed by atoms with E-state index in [1.807, 2.05) is 24.3 Å². The van der Waals surface area contributed by atoms with Crippen LogP contribution in [0.1, 0.15) is 18.9 Å². The van der Waals surface area contributed by atoms with E-state index in [2.05, 4.69) is 17.0 Å². The Bertz CT molecular complexity index is 594. The first-order valence-corrected chi connectivity index (χ1v) is 7.36. The van der Waals surface area contributed by atoms with E-state index in [4.69, 9.17) is 5.73 Å². The van der Waals surface area contributed by atoms with Gasteiger partial charge in [0.25, 0.3) is 0 Å². The van der Waals surface area contributed by atoms with Gasteiger partial charge in [-0.15, -0.1) is 0 Å². The lowest BCUT2D eigenvalue weighted by molar-refractivity contribution is -0.126. The van der Waals surface area contributed by atoms with Gasteiger partial charge in [-0.05, 0) is 24.8 Å². The highest BCUT2D eigenvalue weighted by Gasteiger charge is 2.45. The zero-order chi connectivity index (χ0) is 15.0. The van der Waals surface area contributed by atoms with Crippen molar-refractivity contribution in [3.63, 3.8) is 0 Å². The summed E-state index contributed by atoms with van der Waals surface area (Å²) in [5, 5.41) is 0. The molecule has 0 aromatic heterocycles. The lowest BCUT2D eigenvalue weighted by atomic mass is 9.71. The zero-order valence-corrected chi connectivity index (χ0v) is 12.2.